The number of nitrogens with zero attached hydrogens (tertiary/aromatic N) is 5. The summed E-state index contributed by atoms with van der Waals surface area (Å²) >= 11 is 0. The van der Waals surface area contributed by atoms with Gasteiger partial charge in [-0.2, -0.15) is 12.7 Å². The van der Waals surface area contributed by atoms with E-state index in [1.807, 2.05) is 57.2 Å². The minimum Gasteiger partial charge on any atom is -0.443 e. The highest BCUT2D eigenvalue weighted by Gasteiger charge is 2.56. The summed E-state index contributed by atoms with van der Waals surface area (Å²) in [5.74, 6) is 0.697. The number of carbonyl (C=O) groups excluding carboxylic acids is 1. The Kier molecular flexibility index (Phi) is 6.26. The molecule has 0 radical (unpaired) electrons. The van der Waals surface area contributed by atoms with E-state index >= 15 is 0 Å². The van der Waals surface area contributed by atoms with Crippen LogP contribution in [0.3, 0.4) is 0 Å². The van der Waals surface area contributed by atoms with Crippen LogP contribution in [0.2, 0.25) is 0 Å². The highest BCUT2D eigenvalue weighted by atomic mass is 32.2. The zero-order valence-electron chi connectivity index (χ0n) is 20.8. The number of nitrogens with one attached hydrogen (secondary N) is 1. The Morgan fingerprint density at radius 2 is 1.86 bits per heavy atom. The van der Waals surface area contributed by atoms with Crippen LogP contribution in [0.15, 0.2) is 48.9 Å². The maximum Gasteiger partial charge on any atom is 0.420 e. The molecule has 3 aromatic rings. The molecular weight excluding hydrogens is 480 g/mol. The molecule has 10 nitrogen and oxygen atoms in total. The van der Waals surface area contributed by atoms with Gasteiger partial charge in [-0.1, -0.05) is 30.3 Å². The third-order valence-electron chi connectivity index (χ3n) is 6.60. The standard InChI is InChI=1S/C25H32N6O4S/c1-24(2,3)35-23(32)30-14-10-20-21(26-18-27-22(20)30)29-15-16-31(25(17-29)11-12-25)36(33,34)28-13-9-19-7-5-4-6-8-19/h4-8,10,14,18,28H,9,11-13,15-17H2,1-3H3. The van der Waals surface area contributed by atoms with Crippen molar-refractivity contribution in [3.05, 3.63) is 54.5 Å². The van der Waals surface area contributed by atoms with E-state index in [0.717, 1.165) is 23.8 Å². The summed E-state index contributed by atoms with van der Waals surface area (Å²) < 4.78 is 37.7. The van der Waals surface area contributed by atoms with Crippen molar-refractivity contribution < 1.29 is 17.9 Å². The van der Waals surface area contributed by atoms with Crippen LogP contribution in [-0.2, 0) is 21.4 Å². The predicted molar refractivity (Wildman–Crippen MR) is 137 cm³/mol. The van der Waals surface area contributed by atoms with Crippen molar-refractivity contribution in [1.29, 1.82) is 0 Å². The number of hydrogen-bond acceptors (Lipinski definition) is 7. The smallest absolute Gasteiger partial charge is 0.420 e. The number of carbonyl (C=O) groups is 1. The third-order valence-corrected chi connectivity index (χ3v) is 8.31. The topological polar surface area (TPSA) is 110 Å². The van der Waals surface area contributed by atoms with Crippen molar-refractivity contribution in [3.8, 4) is 0 Å². The van der Waals surface area contributed by atoms with Crippen LogP contribution < -0.4 is 9.62 Å². The predicted octanol–water partition coefficient (Wildman–Crippen LogP) is 2.95. The molecule has 2 fully saturated rings. The lowest BCUT2D eigenvalue weighted by molar-refractivity contribution is 0.0543. The van der Waals surface area contributed by atoms with E-state index in [2.05, 4.69) is 19.6 Å². The summed E-state index contributed by atoms with van der Waals surface area (Å²) in [5.41, 5.74) is 0.495. The molecule has 3 heterocycles. The van der Waals surface area contributed by atoms with Crippen LogP contribution in [-0.4, -0.2) is 70.7 Å². The van der Waals surface area contributed by atoms with Gasteiger partial charge in [-0.3, -0.25) is 0 Å². The molecule has 1 saturated heterocycles. The first-order chi connectivity index (χ1) is 17.1. The second kappa shape index (κ2) is 9.13. The molecule has 1 aliphatic carbocycles. The van der Waals surface area contributed by atoms with E-state index in [4.69, 9.17) is 4.74 Å². The molecule has 1 saturated carbocycles. The molecule has 0 unspecified atom stereocenters. The van der Waals surface area contributed by atoms with Crippen molar-refractivity contribution in [3.63, 3.8) is 0 Å². The van der Waals surface area contributed by atoms with Gasteiger partial charge < -0.3 is 9.64 Å². The number of ether oxygens (including phenoxy) is 1. The van der Waals surface area contributed by atoms with E-state index in [1.165, 1.54) is 10.9 Å². The van der Waals surface area contributed by atoms with Crippen molar-refractivity contribution in [2.45, 2.75) is 51.2 Å². The number of fused-ring (bicyclic) bond motifs is 1. The average molecular weight is 513 g/mol. The van der Waals surface area contributed by atoms with Crippen LogP contribution in [0.5, 0.6) is 0 Å². The zero-order valence-corrected chi connectivity index (χ0v) is 21.7. The van der Waals surface area contributed by atoms with Gasteiger partial charge in [0.1, 0.15) is 17.7 Å². The SMILES string of the molecule is CC(C)(C)OC(=O)n1ccc2c(N3CCN(S(=O)(=O)NCCc4ccccc4)C4(CC4)C3)ncnc21. The summed E-state index contributed by atoms with van der Waals surface area (Å²) in [7, 11) is -3.61. The van der Waals surface area contributed by atoms with E-state index in [-0.39, 0.29) is 0 Å². The molecular formula is C25H32N6O4S. The first-order valence-corrected chi connectivity index (χ1v) is 13.6. The van der Waals surface area contributed by atoms with E-state index in [1.54, 1.807) is 10.5 Å². The monoisotopic (exact) mass is 512 g/mol. The lowest BCUT2D eigenvalue weighted by Gasteiger charge is -2.41. The lowest BCUT2D eigenvalue weighted by Crippen LogP contribution is -2.59. The first-order valence-electron chi connectivity index (χ1n) is 12.2. The van der Waals surface area contributed by atoms with Crippen LogP contribution in [0.4, 0.5) is 10.6 Å². The summed E-state index contributed by atoms with van der Waals surface area (Å²) in [6.45, 7) is 7.19. The second-order valence-electron chi connectivity index (χ2n) is 10.5. The number of aromatic nitrogens is 3. The van der Waals surface area contributed by atoms with Gasteiger partial charge in [-0.05, 0) is 51.7 Å². The van der Waals surface area contributed by atoms with Gasteiger partial charge in [-0.15, -0.1) is 0 Å². The Labute approximate surface area is 211 Å². The van der Waals surface area contributed by atoms with Gasteiger partial charge in [-0.25, -0.2) is 24.1 Å². The van der Waals surface area contributed by atoms with Crippen molar-refractivity contribution in [1.82, 2.24) is 23.6 Å². The fourth-order valence-corrected chi connectivity index (χ4v) is 6.35. The maximum atomic E-state index is 13.2. The molecule has 0 amide bonds. The normalized spacial score (nSPS) is 18.0. The Morgan fingerprint density at radius 1 is 1.11 bits per heavy atom. The number of piperazine rings is 1. The Bertz CT molecular complexity index is 1360. The third kappa shape index (κ3) is 4.95. The number of anilines is 1. The molecule has 11 heteroatoms. The minimum atomic E-state index is -3.61. The van der Waals surface area contributed by atoms with E-state index < -0.39 is 27.4 Å². The van der Waals surface area contributed by atoms with Crippen LogP contribution in [0.1, 0.15) is 39.2 Å². The van der Waals surface area contributed by atoms with Gasteiger partial charge in [0, 0.05) is 32.4 Å². The fraction of sp³-hybridized carbons (Fsp3) is 0.480. The van der Waals surface area contributed by atoms with Gasteiger partial charge >= 0.3 is 6.09 Å². The number of hydrogen-bond donors (Lipinski definition) is 1. The molecule has 5 rings (SSSR count). The lowest BCUT2D eigenvalue weighted by atomic mass is 10.2. The largest absolute Gasteiger partial charge is 0.443 e. The average Bonchev–Trinajstić information content (AvgIpc) is 3.42. The van der Waals surface area contributed by atoms with Gasteiger partial charge in [0.25, 0.3) is 10.2 Å². The van der Waals surface area contributed by atoms with Crippen LogP contribution in [0, 0.1) is 0 Å². The second-order valence-corrected chi connectivity index (χ2v) is 12.1. The molecule has 36 heavy (non-hydrogen) atoms. The Morgan fingerprint density at radius 3 is 2.56 bits per heavy atom. The Balaban J connectivity index is 1.31. The van der Waals surface area contributed by atoms with Crippen LogP contribution >= 0.6 is 0 Å². The Hall–Kier alpha value is -3.02. The molecule has 2 aliphatic rings. The highest BCUT2D eigenvalue weighted by molar-refractivity contribution is 7.87. The van der Waals surface area contributed by atoms with Gasteiger partial charge in [0.2, 0.25) is 0 Å². The van der Waals surface area contributed by atoms with Gasteiger partial charge in [0.15, 0.2) is 5.65 Å². The number of benzene rings is 1. The molecule has 192 valence electrons. The summed E-state index contributed by atoms with van der Waals surface area (Å²) in [6, 6.07) is 11.6. The summed E-state index contributed by atoms with van der Waals surface area (Å²) in [4.78, 5) is 23.6. The molecule has 0 atom stereocenters. The zero-order chi connectivity index (χ0) is 25.6. The molecule has 1 N–H and O–H groups in total. The molecule has 1 aromatic carbocycles. The van der Waals surface area contributed by atoms with E-state index in [0.29, 0.717) is 44.1 Å². The van der Waals surface area contributed by atoms with E-state index in [9.17, 15) is 13.2 Å². The molecule has 2 aromatic heterocycles. The minimum absolute atomic E-state index is 0.355. The van der Waals surface area contributed by atoms with Crippen molar-refractivity contribution in [2.24, 2.45) is 0 Å². The van der Waals surface area contributed by atoms with Crippen molar-refractivity contribution >= 4 is 33.2 Å². The summed E-state index contributed by atoms with van der Waals surface area (Å²) in [6.07, 6.45) is 4.82. The first kappa shape index (κ1) is 24.7. The maximum absolute atomic E-state index is 13.2. The quantitative estimate of drug-likeness (QED) is 0.541. The number of rotatable bonds is 6. The molecule has 1 aliphatic heterocycles. The fourth-order valence-electron chi connectivity index (χ4n) is 4.77. The van der Waals surface area contributed by atoms with Crippen LogP contribution in [0.25, 0.3) is 11.0 Å². The molecule has 0 bridgehead atoms. The summed E-state index contributed by atoms with van der Waals surface area (Å²) in [5, 5.41) is 0.733. The molecule has 1 spiro atoms. The highest BCUT2D eigenvalue weighted by Crippen LogP contribution is 2.46. The van der Waals surface area contributed by atoms with Gasteiger partial charge in [0.05, 0.1) is 10.9 Å². The van der Waals surface area contributed by atoms with Crippen molar-refractivity contribution in [2.75, 3.05) is 31.1 Å².